The van der Waals surface area contributed by atoms with E-state index in [0.717, 1.165) is 16.8 Å². The summed E-state index contributed by atoms with van der Waals surface area (Å²) in [6, 6.07) is 6.50. The number of hydrogen-bond acceptors (Lipinski definition) is 4. The summed E-state index contributed by atoms with van der Waals surface area (Å²) in [6.45, 7) is 7.25. The van der Waals surface area contributed by atoms with E-state index >= 15 is 0 Å². The van der Waals surface area contributed by atoms with Crippen LogP contribution in [-0.4, -0.2) is 23.0 Å². The first-order valence-electron chi connectivity index (χ1n) is 7.23. The maximum Gasteiger partial charge on any atom is 0.326 e. The first-order valence-corrected chi connectivity index (χ1v) is 7.23. The molecule has 23 heavy (non-hydrogen) atoms. The molecule has 0 bridgehead atoms. The highest BCUT2D eigenvalue weighted by molar-refractivity contribution is 5.99. The van der Waals surface area contributed by atoms with Gasteiger partial charge in [-0.2, -0.15) is 5.26 Å². The van der Waals surface area contributed by atoms with Gasteiger partial charge < -0.3 is 15.7 Å². The SMILES string of the molecule is Cc1cc(C)cc(N/C=C(/C#N)C(=O)NC(C(=O)O)C(C)C)c1. The molecule has 0 radical (unpaired) electrons. The fourth-order valence-electron chi connectivity index (χ4n) is 2.09. The first-order chi connectivity index (χ1) is 10.7. The summed E-state index contributed by atoms with van der Waals surface area (Å²) in [6.07, 6.45) is 1.28. The first kappa shape index (κ1) is 18.2. The van der Waals surface area contributed by atoms with Gasteiger partial charge in [0.25, 0.3) is 5.91 Å². The summed E-state index contributed by atoms with van der Waals surface area (Å²) in [4.78, 5) is 23.2. The van der Waals surface area contributed by atoms with Gasteiger partial charge in [-0.05, 0) is 43.0 Å². The molecular formula is C17H21N3O3. The largest absolute Gasteiger partial charge is 0.480 e. The molecule has 1 unspecified atom stereocenters. The third-order valence-corrected chi connectivity index (χ3v) is 3.19. The summed E-state index contributed by atoms with van der Waals surface area (Å²) in [5.41, 5.74) is 2.67. The number of carbonyl (C=O) groups excluding carboxylic acids is 1. The molecule has 1 amide bonds. The lowest BCUT2D eigenvalue weighted by Gasteiger charge is -2.17. The zero-order valence-corrected chi connectivity index (χ0v) is 13.7. The van der Waals surface area contributed by atoms with E-state index in [9.17, 15) is 9.59 Å². The summed E-state index contributed by atoms with van der Waals surface area (Å²) < 4.78 is 0. The van der Waals surface area contributed by atoms with Crippen LogP contribution in [0, 0.1) is 31.1 Å². The van der Waals surface area contributed by atoms with Crippen molar-refractivity contribution >= 4 is 17.6 Å². The highest BCUT2D eigenvalue weighted by atomic mass is 16.4. The van der Waals surface area contributed by atoms with Gasteiger partial charge in [0.15, 0.2) is 0 Å². The molecule has 1 rings (SSSR count). The number of nitrogens with zero attached hydrogens (tertiary/aromatic N) is 1. The predicted octanol–water partition coefficient (Wildman–Crippen LogP) is 2.35. The molecule has 0 heterocycles. The summed E-state index contributed by atoms with van der Waals surface area (Å²) in [5, 5.41) is 23.4. The molecule has 0 fully saturated rings. The number of anilines is 1. The average Bonchev–Trinajstić information content (AvgIpc) is 2.43. The van der Waals surface area contributed by atoms with Crippen molar-refractivity contribution < 1.29 is 14.7 Å². The number of nitrogens with one attached hydrogen (secondary N) is 2. The molecule has 0 spiro atoms. The van der Waals surface area contributed by atoms with Crippen LogP contribution in [0.2, 0.25) is 0 Å². The summed E-state index contributed by atoms with van der Waals surface area (Å²) >= 11 is 0. The van der Waals surface area contributed by atoms with Crippen molar-refractivity contribution in [3.05, 3.63) is 41.1 Å². The van der Waals surface area contributed by atoms with Gasteiger partial charge in [-0.15, -0.1) is 0 Å². The Morgan fingerprint density at radius 1 is 1.22 bits per heavy atom. The minimum Gasteiger partial charge on any atom is -0.480 e. The zero-order chi connectivity index (χ0) is 17.6. The fourth-order valence-corrected chi connectivity index (χ4v) is 2.09. The second-order valence-corrected chi connectivity index (χ2v) is 5.72. The Morgan fingerprint density at radius 2 is 1.78 bits per heavy atom. The highest BCUT2D eigenvalue weighted by Gasteiger charge is 2.24. The van der Waals surface area contributed by atoms with Gasteiger partial charge in [-0.1, -0.05) is 19.9 Å². The van der Waals surface area contributed by atoms with E-state index in [2.05, 4.69) is 10.6 Å². The molecule has 0 aliphatic carbocycles. The number of rotatable bonds is 6. The monoisotopic (exact) mass is 315 g/mol. The van der Waals surface area contributed by atoms with Crippen LogP contribution in [0.1, 0.15) is 25.0 Å². The quantitative estimate of drug-likeness (QED) is 0.552. The minimum atomic E-state index is -1.13. The molecule has 1 aromatic carbocycles. The number of carboxylic acid groups (broad SMARTS) is 1. The van der Waals surface area contributed by atoms with Crippen LogP contribution in [0.3, 0.4) is 0 Å². The van der Waals surface area contributed by atoms with Crippen LogP contribution in [0.15, 0.2) is 30.0 Å². The fraction of sp³-hybridized carbons (Fsp3) is 0.353. The number of carbonyl (C=O) groups is 2. The topological polar surface area (TPSA) is 102 Å². The zero-order valence-electron chi connectivity index (χ0n) is 13.7. The molecule has 0 aliphatic rings. The number of hydrogen-bond donors (Lipinski definition) is 3. The van der Waals surface area contributed by atoms with Gasteiger partial charge in [0, 0.05) is 11.9 Å². The maximum atomic E-state index is 12.0. The van der Waals surface area contributed by atoms with Gasteiger partial charge >= 0.3 is 5.97 Å². The summed E-state index contributed by atoms with van der Waals surface area (Å²) in [7, 11) is 0. The lowest BCUT2D eigenvalue weighted by Crippen LogP contribution is -2.44. The second kappa shape index (κ2) is 7.99. The smallest absolute Gasteiger partial charge is 0.326 e. The normalized spacial score (nSPS) is 12.4. The van der Waals surface area contributed by atoms with Crippen LogP contribution < -0.4 is 10.6 Å². The lowest BCUT2D eigenvalue weighted by atomic mass is 10.0. The maximum absolute atomic E-state index is 12.0. The van der Waals surface area contributed by atoms with E-state index in [1.807, 2.05) is 32.0 Å². The number of aryl methyl sites for hydroxylation is 2. The standard InChI is InChI=1S/C17H21N3O3/c1-10(2)15(17(22)23)20-16(21)13(8-18)9-19-14-6-11(3)5-12(4)7-14/h5-7,9-10,15,19H,1-4H3,(H,20,21)(H,22,23)/b13-9-. The minimum absolute atomic E-state index is 0.184. The molecular weight excluding hydrogens is 294 g/mol. The Bertz CT molecular complexity index is 652. The third-order valence-electron chi connectivity index (χ3n) is 3.19. The van der Waals surface area contributed by atoms with Crippen molar-refractivity contribution in [3.8, 4) is 6.07 Å². The molecule has 1 atom stereocenters. The van der Waals surface area contributed by atoms with E-state index in [0.29, 0.717) is 0 Å². The Kier molecular flexibility index (Phi) is 6.34. The average molecular weight is 315 g/mol. The number of nitriles is 1. The van der Waals surface area contributed by atoms with E-state index < -0.39 is 17.9 Å². The Labute approximate surface area is 135 Å². The van der Waals surface area contributed by atoms with E-state index in [1.165, 1.54) is 6.20 Å². The summed E-state index contributed by atoms with van der Waals surface area (Å²) in [5.74, 6) is -2.14. The van der Waals surface area contributed by atoms with Crippen molar-refractivity contribution in [2.75, 3.05) is 5.32 Å². The van der Waals surface area contributed by atoms with Crippen molar-refractivity contribution in [2.45, 2.75) is 33.7 Å². The van der Waals surface area contributed by atoms with Gasteiger partial charge in [0.05, 0.1) is 0 Å². The van der Waals surface area contributed by atoms with Crippen LogP contribution >= 0.6 is 0 Å². The third kappa shape index (κ3) is 5.47. The second-order valence-electron chi connectivity index (χ2n) is 5.72. The van der Waals surface area contributed by atoms with Crippen molar-refractivity contribution in [1.82, 2.24) is 5.32 Å². The van der Waals surface area contributed by atoms with Crippen molar-refractivity contribution in [3.63, 3.8) is 0 Å². The van der Waals surface area contributed by atoms with Gasteiger partial charge in [-0.3, -0.25) is 4.79 Å². The van der Waals surface area contributed by atoms with Crippen LogP contribution in [-0.2, 0) is 9.59 Å². The van der Waals surface area contributed by atoms with Crippen molar-refractivity contribution in [1.29, 1.82) is 5.26 Å². The molecule has 1 aromatic rings. The molecule has 122 valence electrons. The molecule has 0 aliphatic heterocycles. The number of carboxylic acids is 1. The van der Waals surface area contributed by atoms with Gasteiger partial charge in [0.2, 0.25) is 0 Å². The van der Waals surface area contributed by atoms with Gasteiger partial charge in [-0.25, -0.2) is 4.79 Å². The molecule has 0 saturated heterocycles. The molecule has 0 saturated carbocycles. The molecule has 3 N–H and O–H groups in total. The van der Waals surface area contributed by atoms with E-state index in [4.69, 9.17) is 10.4 Å². The molecule has 6 heteroatoms. The Balaban J connectivity index is 2.88. The van der Waals surface area contributed by atoms with E-state index in [1.54, 1.807) is 19.9 Å². The lowest BCUT2D eigenvalue weighted by molar-refractivity contribution is -0.142. The van der Waals surface area contributed by atoms with Crippen LogP contribution in [0.25, 0.3) is 0 Å². The van der Waals surface area contributed by atoms with E-state index in [-0.39, 0.29) is 11.5 Å². The highest BCUT2D eigenvalue weighted by Crippen LogP contribution is 2.14. The van der Waals surface area contributed by atoms with Crippen LogP contribution in [0.4, 0.5) is 5.69 Å². The number of aliphatic carboxylic acids is 1. The van der Waals surface area contributed by atoms with Crippen molar-refractivity contribution in [2.24, 2.45) is 5.92 Å². The number of amides is 1. The van der Waals surface area contributed by atoms with Gasteiger partial charge in [0.1, 0.15) is 17.7 Å². The molecule has 0 aromatic heterocycles. The molecule has 6 nitrogen and oxygen atoms in total. The number of benzene rings is 1. The van der Waals surface area contributed by atoms with Crippen LogP contribution in [0.5, 0.6) is 0 Å². The Hall–Kier alpha value is -2.81. The predicted molar refractivity (Wildman–Crippen MR) is 87.6 cm³/mol. The Morgan fingerprint density at radius 3 is 2.22 bits per heavy atom.